The molecular formula is C17H24N2O5. The van der Waals surface area contributed by atoms with E-state index in [1.54, 1.807) is 32.4 Å². The Bertz CT molecular complexity index is 576. The highest BCUT2D eigenvalue weighted by Gasteiger charge is 2.39. The molecule has 2 fully saturated rings. The highest BCUT2D eigenvalue weighted by Crippen LogP contribution is 2.31. The lowest BCUT2D eigenvalue weighted by Crippen LogP contribution is -2.47. The first-order chi connectivity index (χ1) is 11.6. The monoisotopic (exact) mass is 336 g/mol. The number of benzene rings is 1. The second kappa shape index (κ2) is 7.38. The number of nitrogens with zero attached hydrogens (tertiary/aromatic N) is 1. The summed E-state index contributed by atoms with van der Waals surface area (Å²) in [6, 6.07) is 5.32. The maximum atomic E-state index is 12.3. The van der Waals surface area contributed by atoms with E-state index in [9.17, 15) is 4.79 Å². The van der Waals surface area contributed by atoms with E-state index in [-0.39, 0.29) is 5.91 Å². The summed E-state index contributed by atoms with van der Waals surface area (Å²) in [6.45, 7) is 3.22. The van der Waals surface area contributed by atoms with Crippen LogP contribution in [0.5, 0.6) is 11.5 Å². The van der Waals surface area contributed by atoms with Crippen molar-refractivity contribution in [2.45, 2.75) is 18.6 Å². The number of rotatable bonds is 5. The minimum Gasteiger partial charge on any atom is -0.497 e. The van der Waals surface area contributed by atoms with Crippen LogP contribution in [0.2, 0.25) is 0 Å². The van der Waals surface area contributed by atoms with Crippen LogP contribution < -0.4 is 14.8 Å². The molecular weight excluding hydrogens is 312 g/mol. The van der Waals surface area contributed by atoms with Crippen molar-refractivity contribution in [3.8, 4) is 11.5 Å². The van der Waals surface area contributed by atoms with Gasteiger partial charge < -0.3 is 24.3 Å². The van der Waals surface area contributed by atoms with Crippen LogP contribution in [0, 0.1) is 0 Å². The van der Waals surface area contributed by atoms with E-state index in [1.165, 1.54) is 0 Å². The smallest absolute Gasteiger partial charge is 0.238 e. The standard InChI is InChI=1S/C17H24N2O5/c1-21-13-3-4-15(22-2)14(11-13)18-16(20)12-19-7-5-17(6-8-19)23-9-10-24-17/h3-4,11H,5-10,12H2,1-2H3,(H,18,20). The zero-order valence-electron chi connectivity index (χ0n) is 14.2. The topological polar surface area (TPSA) is 69.3 Å². The number of carbonyl (C=O) groups excluding carboxylic acids is 1. The first-order valence-electron chi connectivity index (χ1n) is 8.16. The van der Waals surface area contributed by atoms with Crippen molar-refractivity contribution in [1.29, 1.82) is 0 Å². The van der Waals surface area contributed by atoms with Gasteiger partial charge in [0.1, 0.15) is 11.5 Å². The normalized spacial score (nSPS) is 20.1. The van der Waals surface area contributed by atoms with E-state index >= 15 is 0 Å². The van der Waals surface area contributed by atoms with Crippen LogP contribution in [-0.2, 0) is 14.3 Å². The molecule has 0 aromatic heterocycles. The maximum absolute atomic E-state index is 12.3. The van der Waals surface area contributed by atoms with E-state index in [2.05, 4.69) is 10.2 Å². The van der Waals surface area contributed by atoms with Crippen molar-refractivity contribution in [2.24, 2.45) is 0 Å². The quantitative estimate of drug-likeness (QED) is 0.878. The summed E-state index contributed by atoms with van der Waals surface area (Å²) in [5, 5.41) is 2.90. The largest absolute Gasteiger partial charge is 0.497 e. The zero-order chi connectivity index (χ0) is 17.0. The molecule has 7 heteroatoms. The van der Waals surface area contributed by atoms with E-state index in [4.69, 9.17) is 18.9 Å². The van der Waals surface area contributed by atoms with Crippen LogP contribution in [0.3, 0.4) is 0 Å². The van der Waals surface area contributed by atoms with Gasteiger partial charge >= 0.3 is 0 Å². The summed E-state index contributed by atoms with van der Waals surface area (Å²) in [7, 11) is 3.16. The average molecular weight is 336 g/mol. The Balaban J connectivity index is 1.54. The fraction of sp³-hybridized carbons (Fsp3) is 0.588. The number of hydrogen-bond donors (Lipinski definition) is 1. The maximum Gasteiger partial charge on any atom is 0.238 e. The lowest BCUT2D eigenvalue weighted by Gasteiger charge is -2.37. The van der Waals surface area contributed by atoms with E-state index in [0.717, 1.165) is 25.9 Å². The molecule has 1 aromatic carbocycles. The number of ether oxygens (including phenoxy) is 4. The number of nitrogens with one attached hydrogen (secondary N) is 1. The zero-order valence-corrected chi connectivity index (χ0v) is 14.2. The number of likely N-dealkylation sites (tertiary alicyclic amines) is 1. The molecule has 1 aromatic rings. The highest BCUT2D eigenvalue weighted by molar-refractivity contribution is 5.94. The molecule has 0 aliphatic carbocycles. The van der Waals surface area contributed by atoms with Crippen molar-refractivity contribution >= 4 is 11.6 Å². The fourth-order valence-electron chi connectivity index (χ4n) is 3.14. The van der Waals surface area contributed by atoms with Crippen LogP contribution in [0.15, 0.2) is 18.2 Å². The average Bonchev–Trinajstić information content (AvgIpc) is 3.05. The van der Waals surface area contributed by atoms with Crippen molar-refractivity contribution in [3.05, 3.63) is 18.2 Å². The molecule has 2 aliphatic rings. The van der Waals surface area contributed by atoms with E-state index in [0.29, 0.717) is 36.9 Å². The van der Waals surface area contributed by atoms with Crippen LogP contribution in [0.4, 0.5) is 5.69 Å². The molecule has 24 heavy (non-hydrogen) atoms. The second-order valence-corrected chi connectivity index (χ2v) is 6.00. The molecule has 1 amide bonds. The summed E-state index contributed by atoms with van der Waals surface area (Å²) in [5.41, 5.74) is 0.609. The van der Waals surface area contributed by atoms with Crippen LogP contribution >= 0.6 is 0 Å². The van der Waals surface area contributed by atoms with Gasteiger partial charge in [-0.05, 0) is 12.1 Å². The summed E-state index contributed by atoms with van der Waals surface area (Å²) in [5.74, 6) is 0.782. The van der Waals surface area contributed by atoms with Gasteiger partial charge in [0.25, 0.3) is 0 Å². The minimum absolute atomic E-state index is 0.0780. The molecule has 0 unspecified atom stereocenters. The molecule has 2 aliphatic heterocycles. The Morgan fingerprint density at radius 2 is 1.92 bits per heavy atom. The molecule has 0 bridgehead atoms. The Morgan fingerprint density at radius 3 is 2.54 bits per heavy atom. The SMILES string of the molecule is COc1ccc(OC)c(NC(=O)CN2CCC3(CC2)OCCO3)c1. The summed E-state index contributed by atoms with van der Waals surface area (Å²) >= 11 is 0. The van der Waals surface area contributed by atoms with Gasteiger partial charge in [-0.15, -0.1) is 0 Å². The number of piperidine rings is 1. The molecule has 2 heterocycles. The highest BCUT2D eigenvalue weighted by atomic mass is 16.7. The third kappa shape index (κ3) is 3.80. The Hall–Kier alpha value is -1.83. The van der Waals surface area contributed by atoms with Crippen LogP contribution in [0.25, 0.3) is 0 Å². The lowest BCUT2D eigenvalue weighted by molar-refractivity contribution is -0.185. The number of anilines is 1. The number of amides is 1. The van der Waals surface area contributed by atoms with Crippen molar-refractivity contribution in [3.63, 3.8) is 0 Å². The molecule has 0 radical (unpaired) electrons. The van der Waals surface area contributed by atoms with Gasteiger partial charge in [-0.25, -0.2) is 0 Å². The predicted octanol–water partition coefficient (Wildman–Crippen LogP) is 1.48. The van der Waals surface area contributed by atoms with Gasteiger partial charge in [0.2, 0.25) is 5.91 Å². The molecule has 0 saturated carbocycles. The van der Waals surface area contributed by atoms with Crippen LogP contribution in [-0.4, -0.2) is 63.7 Å². The number of methoxy groups -OCH3 is 2. The van der Waals surface area contributed by atoms with Crippen molar-refractivity contribution in [1.82, 2.24) is 4.90 Å². The Morgan fingerprint density at radius 1 is 1.21 bits per heavy atom. The first-order valence-corrected chi connectivity index (χ1v) is 8.16. The van der Waals surface area contributed by atoms with Gasteiger partial charge in [-0.3, -0.25) is 9.69 Å². The molecule has 7 nitrogen and oxygen atoms in total. The van der Waals surface area contributed by atoms with Gasteiger partial charge in [0.15, 0.2) is 5.79 Å². The van der Waals surface area contributed by atoms with Gasteiger partial charge in [-0.2, -0.15) is 0 Å². The molecule has 132 valence electrons. The van der Waals surface area contributed by atoms with Gasteiger partial charge in [0, 0.05) is 32.0 Å². The summed E-state index contributed by atoms with van der Waals surface area (Å²) in [4.78, 5) is 14.5. The van der Waals surface area contributed by atoms with Crippen molar-refractivity contribution < 1.29 is 23.7 Å². The second-order valence-electron chi connectivity index (χ2n) is 6.00. The summed E-state index contributed by atoms with van der Waals surface area (Å²) < 4.78 is 21.9. The van der Waals surface area contributed by atoms with Crippen LogP contribution in [0.1, 0.15) is 12.8 Å². The first kappa shape index (κ1) is 17.0. The third-order valence-electron chi connectivity index (χ3n) is 4.48. The fourth-order valence-corrected chi connectivity index (χ4v) is 3.14. The van der Waals surface area contributed by atoms with Gasteiger partial charge in [-0.1, -0.05) is 0 Å². The third-order valence-corrected chi connectivity index (χ3v) is 4.48. The van der Waals surface area contributed by atoms with Crippen molar-refractivity contribution in [2.75, 3.05) is 52.4 Å². The molecule has 1 spiro atoms. The molecule has 1 N–H and O–H groups in total. The molecule has 0 atom stereocenters. The summed E-state index contributed by atoms with van der Waals surface area (Å²) in [6.07, 6.45) is 1.59. The Labute approximate surface area is 141 Å². The Kier molecular flexibility index (Phi) is 5.23. The molecule has 2 saturated heterocycles. The van der Waals surface area contributed by atoms with E-state index in [1.807, 2.05) is 0 Å². The number of hydrogen-bond acceptors (Lipinski definition) is 6. The predicted molar refractivity (Wildman–Crippen MR) is 88.5 cm³/mol. The molecule has 3 rings (SSSR count). The van der Waals surface area contributed by atoms with Gasteiger partial charge in [0.05, 0.1) is 39.7 Å². The number of carbonyl (C=O) groups is 1. The lowest BCUT2D eigenvalue weighted by atomic mass is 10.0. The van der Waals surface area contributed by atoms with E-state index < -0.39 is 5.79 Å². The minimum atomic E-state index is -0.414.